The highest BCUT2D eigenvalue weighted by molar-refractivity contribution is 5.81. The van der Waals surface area contributed by atoms with Gasteiger partial charge in [-0.2, -0.15) is 4.74 Å². The van der Waals surface area contributed by atoms with Crippen molar-refractivity contribution in [2.24, 2.45) is 5.92 Å². The first kappa shape index (κ1) is 11.0. The van der Waals surface area contributed by atoms with E-state index >= 15 is 0 Å². The maximum Gasteiger partial charge on any atom is 0.379 e. The number of rotatable bonds is 3. The monoisotopic (exact) mass is 199 g/mol. The van der Waals surface area contributed by atoms with Gasteiger partial charge in [0, 0.05) is 19.3 Å². The van der Waals surface area contributed by atoms with Crippen molar-refractivity contribution in [3.05, 3.63) is 5.21 Å². The van der Waals surface area contributed by atoms with E-state index < -0.39 is 11.5 Å². The number of ether oxygens (including phenoxy) is 1. The van der Waals surface area contributed by atoms with E-state index in [1.807, 2.05) is 13.8 Å². The van der Waals surface area contributed by atoms with Gasteiger partial charge in [0.1, 0.15) is 0 Å². The number of nitrogens with zero attached hydrogens (tertiary/aromatic N) is 1. The van der Waals surface area contributed by atoms with Gasteiger partial charge in [-0.15, -0.1) is 0 Å². The van der Waals surface area contributed by atoms with Gasteiger partial charge in [0.2, 0.25) is 0 Å². The highest BCUT2D eigenvalue weighted by atomic mass is 16.5. The van der Waals surface area contributed by atoms with E-state index in [0.29, 0.717) is 13.0 Å². The van der Waals surface area contributed by atoms with Crippen LogP contribution in [0.3, 0.4) is 0 Å². The number of carbonyl (C=O) groups excluding carboxylic acids is 1. The third-order valence-corrected chi connectivity index (χ3v) is 2.89. The third-order valence-electron chi connectivity index (χ3n) is 2.89. The molecule has 0 aliphatic carbocycles. The summed E-state index contributed by atoms with van der Waals surface area (Å²) in [6, 6.07) is 0. The van der Waals surface area contributed by atoms with Crippen molar-refractivity contribution in [2.75, 3.05) is 6.61 Å². The van der Waals surface area contributed by atoms with Gasteiger partial charge in [-0.05, 0) is 6.42 Å². The summed E-state index contributed by atoms with van der Waals surface area (Å²) in [6.45, 7) is 5.84. The molecule has 2 atom stereocenters. The maximum absolute atomic E-state index is 11.7. The third kappa shape index (κ3) is 1.61. The lowest BCUT2D eigenvalue weighted by atomic mass is 9.88. The van der Waals surface area contributed by atoms with E-state index in [2.05, 4.69) is 0 Å². The van der Waals surface area contributed by atoms with E-state index in [4.69, 9.17) is 4.74 Å². The number of carbonyl (C=O) groups is 1. The Morgan fingerprint density at radius 1 is 1.79 bits per heavy atom. The molecule has 1 aliphatic heterocycles. The van der Waals surface area contributed by atoms with E-state index in [0.717, 1.165) is 11.2 Å². The fraction of sp³-hybridized carbons (Fsp3) is 0.800. The van der Waals surface area contributed by atoms with Crippen molar-refractivity contribution in [1.29, 1.82) is 0 Å². The number of hydrogen-bond acceptors (Lipinski definition) is 3. The molecule has 0 saturated heterocycles. The van der Waals surface area contributed by atoms with Crippen LogP contribution in [0.4, 0.5) is 0 Å². The summed E-state index contributed by atoms with van der Waals surface area (Å²) in [4.78, 5) is 11.7. The molecule has 0 amide bonds. The minimum atomic E-state index is -1.02. The zero-order valence-electron chi connectivity index (χ0n) is 8.95. The lowest BCUT2D eigenvalue weighted by Crippen LogP contribution is -2.47. The molecular formula is C10H17NO3. The predicted molar refractivity (Wildman–Crippen MR) is 53.1 cm³/mol. The minimum absolute atomic E-state index is 0.0179. The fourth-order valence-electron chi connectivity index (χ4n) is 1.52. The van der Waals surface area contributed by atoms with Gasteiger partial charge in [-0.25, -0.2) is 4.79 Å². The second-order valence-corrected chi connectivity index (χ2v) is 3.93. The van der Waals surface area contributed by atoms with Gasteiger partial charge in [-0.3, -0.25) is 0 Å². The molecular weight excluding hydrogens is 182 g/mol. The molecule has 14 heavy (non-hydrogen) atoms. The molecule has 0 aromatic rings. The Labute approximate surface area is 84.1 Å². The van der Waals surface area contributed by atoms with Crippen LogP contribution in [0.2, 0.25) is 0 Å². The number of hydrogen-bond donors (Lipinski definition) is 0. The summed E-state index contributed by atoms with van der Waals surface area (Å²) < 4.78 is 5.75. The highest BCUT2D eigenvalue weighted by Crippen LogP contribution is 2.29. The van der Waals surface area contributed by atoms with Crippen molar-refractivity contribution in [3.63, 3.8) is 0 Å². The van der Waals surface area contributed by atoms with Crippen molar-refractivity contribution in [1.82, 2.24) is 0 Å². The van der Waals surface area contributed by atoms with Crippen molar-refractivity contribution < 1.29 is 14.3 Å². The Bertz CT molecular complexity index is 262. The molecule has 4 nitrogen and oxygen atoms in total. The largest absolute Gasteiger partial charge is 0.623 e. The molecule has 0 aromatic carbocycles. The quantitative estimate of drug-likeness (QED) is 0.391. The van der Waals surface area contributed by atoms with Crippen LogP contribution in [0.5, 0.6) is 0 Å². The fourth-order valence-corrected chi connectivity index (χ4v) is 1.52. The van der Waals surface area contributed by atoms with E-state index in [9.17, 15) is 10.0 Å². The molecule has 1 heterocycles. The van der Waals surface area contributed by atoms with Gasteiger partial charge in [0.25, 0.3) is 5.54 Å². The first-order valence-corrected chi connectivity index (χ1v) is 5.00. The minimum Gasteiger partial charge on any atom is -0.623 e. The number of esters is 1. The van der Waals surface area contributed by atoms with Gasteiger partial charge in [0.15, 0.2) is 6.21 Å². The summed E-state index contributed by atoms with van der Waals surface area (Å²) in [6.07, 6.45) is 2.93. The average molecular weight is 199 g/mol. The SMILES string of the molecule is CCCOC(=O)C1(C)C(C)CC=[N+]1[O-]. The van der Waals surface area contributed by atoms with E-state index in [1.54, 1.807) is 6.92 Å². The lowest BCUT2D eigenvalue weighted by Gasteiger charge is -2.25. The van der Waals surface area contributed by atoms with Crippen LogP contribution in [0.15, 0.2) is 0 Å². The summed E-state index contributed by atoms with van der Waals surface area (Å²) >= 11 is 0. The van der Waals surface area contributed by atoms with Crippen molar-refractivity contribution in [2.45, 2.75) is 39.2 Å². The van der Waals surface area contributed by atoms with Crippen LogP contribution in [-0.2, 0) is 9.53 Å². The molecule has 0 radical (unpaired) electrons. The summed E-state index contributed by atoms with van der Waals surface area (Å²) in [7, 11) is 0. The molecule has 1 aliphatic rings. The molecule has 0 aromatic heterocycles. The Kier molecular flexibility index (Phi) is 3.13. The smallest absolute Gasteiger partial charge is 0.379 e. The maximum atomic E-state index is 11.7. The van der Waals surface area contributed by atoms with Crippen LogP contribution in [-0.4, -0.2) is 29.1 Å². The van der Waals surface area contributed by atoms with Crippen LogP contribution in [0.1, 0.15) is 33.6 Å². The van der Waals surface area contributed by atoms with E-state index in [-0.39, 0.29) is 5.92 Å². The summed E-state index contributed by atoms with van der Waals surface area (Å²) in [5.74, 6) is -0.389. The molecule has 2 unspecified atom stereocenters. The zero-order chi connectivity index (χ0) is 10.8. The Balaban J connectivity index is 2.73. The van der Waals surface area contributed by atoms with E-state index in [1.165, 1.54) is 6.21 Å². The average Bonchev–Trinajstić information content (AvgIpc) is 2.43. The van der Waals surface area contributed by atoms with Gasteiger partial charge in [0.05, 0.1) is 6.61 Å². The van der Waals surface area contributed by atoms with Crippen LogP contribution < -0.4 is 0 Å². The molecule has 0 fully saturated rings. The number of hydroxylamine groups is 1. The molecule has 0 spiro atoms. The first-order valence-electron chi connectivity index (χ1n) is 5.00. The topological polar surface area (TPSA) is 52.4 Å². The second kappa shape index (κ2) is 3.98. The molecule has 4 heteroatoms. The van der Waals surface area contributed by atoms with Gasteiger partial charge >= 0.3 is 5.97 Å². The van der Waals surface area contributed by atoms with Gasteiger partial charge in [-0.1, -0.05) is 13.8 Å². The molecule has 0 saturated carbocycles. The summed E-state index contributed by atoms with van der Waals surface area (Å²) in [5, 5.41) is 11.5. The first-order chi connectivity index (χ1) is 6.53. The zero-order valence-corrected chi connectivity index (χ0v) is 8.95. The molecule has 0 bridgehead atoms. The lowest BCUT2D eigenvalue weighted by molar-refractivity contribution is -0.525. The predicted octanol–water partition coefficient (Wildman–Crippen LogP) is 1.32. The standard InChI is InChI=1S/C10H17NO3/c1-4-7-14-9(12)10(3)8(2)5-6-11(10)13/h6,8H,4-5,7H2,1-3H3. The Hall–Kier alpha value is -1.06. The van der Waals surface area contributed by atoms with Crippen molar-refractivity contribution >= 4 is 12.2 Å². The Morgan fingerprint density at radius 2 is 2.43 bits per heavy atom. The highest BCUT2D eigenvalue weighted by Gasteiger charge is 2.52. The van der Waals surface area contributed by atoms with Crippen LogP contribution in [0, 0.1) is 11.1 Å². The molecule has 1 rings (SSSR count). The van der Waals surface area contributed by atoms with Crippen LogP contribution in [0.25, 0.3) is 0 Å². The Morgan fingerprint density at radius 3 is 2.86 bits per heavy atom. The normalized spacial score (nSPS) is 31.4. The second-order valence-electron chi connectivity index (χ2n) is 3.93. The van der Waals surface area contributed by atoms with Gasteiger partial charge < -0.3 is 9.94 Å². The molecule has 80 valence electrons. The van der Waals surface area contributed by atoms with Crippen LogP contribution >= 0.6 is 0 Å². The van der Waals surface area contributed by atoms with Crippen molar-refractivity contribution in [3.8, 4) is 0 Å². The molecule has 0 N–H and O–H groups in total. The summed E-state index contributed by atoms with van der Waals surface area (Å²) in [5.41, 5.74) is -1.02.